The molecule has 10 heterocycles. The highest BCUT2D eigenvalue weighted by Crippen LogP contribution is 2.39. The average molecular weight is 1230 g/mol. The van der Waals surface area contributed by atoms with Gasteiger partial charge < -0.3 is 29.4 Å². The molecule has 0 amide bonds. The van der Waals surface area contributed by atoms with Crippen molar-refractivity contribution in [3.05, 3.63) is 287 Å². The molecule has 4 aliphatic rings. The standard InChI is InChI=1S/C83H60N8O4/c92-82(58-28-24-56(25-29-58)80-66-38-34-62(86-66)50-60-32-36-64(84-60)76(52-16-6-1-7-17-52)68-40-42-70(88-68)78(54-20-10-3-11-21-54)72-44-46-74(80)90-72)94-48-14-5-15-49-95-83(93)59-30-26-57(27-31-59)81-67-39-35-63(87-67)51-61-33-37-65(85-61)77(53-18-8-2-9-19-53)69-41-43-71(89-69)79(55-22-12-4-13-23-55)73-45-47-75(81)91-73/h1-4,6-13,16-47,50-51,86-89H,5,14-15,48-49H2. The van der Waals surface area contributed by atoms with E-state index in [1.54, 1.807) is 24.3 Å². The molecule has 12 nitrogen and oxygen atoms in total. The van der Waals surface area contributed by atoms with Crippen LogP contribution in [0.15, 0.2) is 231 Å². The number of hydrogen-bond donors (Lipinski definition) is 4. The molecule has 4 aliphatic heterocycles. The number of H-pyrrole nitrogens is 4. The molecule has 6 aromatic heterocycles. The number of benzene rings is 6. The topological polar surface area (TPSA) is 167 Å². The van der Waals surface area contributed by atoms with E-state index in [9.17, 15) is 9.59 Å². The number of nitrogens with zero attached hydrogens (tertiary/aromatic N) is 4. The summed E-state index contributed by atoms with van der Waals surface area (Å²) in [5.74, 6) is -0.829. The Morgan fingerprint density at radius 1 is 0.274 bits per heavy atom. The molecule has 12 heteroatoms. The molecule has 0 atom stereocenters. The van der Waals surface area contributed by atoms with Crippen molar-refractivity contribution in [1.29, 1.82) is 0 Å². The SMILES string of the molecule is O=C(OCCCCCOC(=O)c1ccc(-c2c3nc(c(-c4ccccc4)c4ccc([nH]4)c(-c4ccccc4)c4nc(cc5ccc2[nH]5)C=C4)C=C3)cc1)c1ccc(-c2c3nc(c(-c4ccccc4)c4ccc([nH]4)c(-c4ccccc4)c4nc(cc5ccc2[nH]5)C=C4)C=C3)cc1. The second kappa shape index (κ2) is 25.3. The summed E-state index contributed by atoms with van der Waals surface area (Å²) < 4.78 is 11.6. The van der Waals surface area contributed by atoms with Crippen molar-refractivity contribution in [2.75, 3.05) is 13.2 Å². The first-order chi connectivity index (χ1) is 46.9. The minimum atomic E-state index is -0.414. The van der Waals surface area contributed by atoms with Gasteiger partial charge in [0, 0.05) is 77.5 Å². The first-order valence-electron chi connectivity index (χ1n) is 31.9. The molecule has 0 radical (unpaired) electrons. The molecule has 0 spiro atoms. The number of esters is 2. The predicted octanol–water partition coefficient (Wildman–Crippen LogP) is 19.8. The number of ether oxygens (including phenoxy) is 2. The van der Waals surface area contributed by atoms with Crippen molar-refractivity contribution in [2.24, 2.45) is 0 Å². The summed E-state index contributed by atoms with van der Waals surface area (Å²) in [6.07, 6.45) is 18.4. The van der Waals surface area contributed by atoms with E-state index in [-0.39, 0.29) is 13.2 Å². The zero-order valence-corrected chi connectivity index (χ0v) is 51.5. The highest BCUT2D eigenvalue weighted by molar-refractivity contribution is 6.01. The Hall–Kier alpha value is -12.5. The fraction of sp³-hybridized carbons (Fsp3) is 0.0602. The molecule has 4 N–H and O–H groups in total. The number of nitrogens with one attached hydrogen (secondary N) is 4. The van der Waals surface area contributed by atoms with Crippen molar-refractivity contribution in [1.82, 2.24) is 39.9 Å². The molecular weight excluding hydrogens is 1170 g/mol. The maximum atomic E-state index is 13.5. The first kappa shape index (κ1) is 57.6. The summed E-state index contributed by atoms with van der Waals surface area (Å²) in [7, 11) is 0. The highest BCUT2D eigenvalue weighted by atomic mass is 16.5. The Morgan fingerprint density at radius 2 is 0.547 bits per heavy atom. The van der Waals surface area contributed by atoms with E-state index in [4.69, 9.17) is 29.4 Å². The lowest BCUT2D eigenvalue weighted by molar-refractivity contribution is 0.0478. The smallest absolute Gasteiger partial charge is 0.338 e. The molecule has 0 aliphatic carbocycles. The molecule has 12 aromatic rings. The molecule has 95 heavy (non-hydrogen) atoms. The van der Waals surface area contributed by atoms with E-state index in [0.717, 1.165) is 156 Å². The Bertz CT molecular complexity index is 5130. The molecule has 16 bridgehead atoms. The van der Waals surface area contributed by atoms with Gasteiger partial charge in [-0.3, -0.25) is 0 Å². The van der Waals surface area contributed by atoms with Crippen molar-refractivity contribution in [3.63, 3.8) is 0 Å². The number of carbonyl (C=O) groups excluding carboxylic acids is 2. The van der Waals surface area contributed by atoms with Gasteiger partial charge in [-0.25, -0.2) is 29.5 Å². The van der Waals surface area contributed by atoms with E-state index in [0.29, 0.717) is 30.4 Å². The van der Waals surface area contributed by atoms with Crippen molar-refractivity contribution in [2.45, 2.75) is 19.3 Å². The second-order valence-corrected chi connectivity index (χ2v) is 23.7. The fourth-order valence-corrected chi connectivity index (χ4v) is 12.9. The van der Waals surface area contributed by atoms with E-state index in [1.165, 1.54) is 0 Å². The Labute approximate surface area is 547 Å². The van der Waals surface area contributed by atoms with Gasteiger partial charge in [-0.15, -0.1) is 0 Å². The molecule has 0 saturated carbocycles. The Kier molecular flexibility index (Phi) is 15.3. The zero-order valence-electron chi connectivity index (χ0n) is 51.5. The quantitative estimate of drug-likeness (QED) is 0.0616. The van der Waals surface area contributed by atoms with Crippen molar-refractivity contribution in [3.8, 4) is 66.8 Å². The summed E-state index contributed by atoms with van der Waals surface area (Å²) >= 11 is 0. The van der Waals surface area contributed by atoms with Crippen LogP contribution in [0.1, 0.15) is 85.5 Å². The Morgan fingerprint density at radius 3 is 0.874 bits per heavy atom. The maximum absolute atomic E-state index is 13.5. The first-order valence-corrected chi connectivity index (χ1v) is 31.9. The molecular formula is C83H60N8O4. The summed E-state index contributed by atoms with van der Waals surface area (Å²) in [5, 5.41) is 0. The molecule has 16 rings (SSSR count). The summed E-state index contributed by atoms with van der Waals surface area (Å²) in [6.45, 7) is 0.445. The van der Waals surface area contributed by atoms with Crippen LogP contribution in [0, 0.1) is 0 Å². The minimum absolute atomic E-state index is 0.223. The third-order valence-corrected chi connectivity index (χ3v) is 17.5. The number of hydrogen-bond acceptors (Lipinski definition) is 8. The van der Waals surface area contributed by atoms with Gasteiger partial charge >= 0.3 is 11.9 Å². The van der Waals surface area contributed by atoms with Crippen LogP contribution in [0.2, 0.25) is 0 Å². The average Bonchev–Trinajstić information content (AvgIpc) is 1.65. The molecule has 456 valence electrons. The summed E-state index contributed by atoms with van der Waals surface area (Å²) in [6, 6.07) is 77.1. The van der Waals surface area contributed by atoms with Crippen LogP contribution < -0.4 is 0 Å². The largest absolute Gasteiger partial charge is 0.462 e. The molecule has 6 aromatic carbocycles. The van der Waals surface area contributed by atoms with Crippen molar-refractivity contribution < 1.29 is 19.1 Å². The van der Waals surface area contributed by atoms with Gasteiger partial charge in [-0.2, -0.15) is 0 Å². The lowest BCUT2D eigenvalue weighted by Gasteiger charge is -2.08. The Balaban J connectivity index is 0.606. The number of unbranched alkanes of at least 4 members (excludes halogenated alkanes) is 2. The third-order valence-electron chi connectivity index (χ3n) is 17.5. The number of aromatic nitrogens is 8. The second-order valence-electron chi connectivity index (χ2n) is 23.7. The van der Waals surface area contributed by atoms with Gasteiger partial charge in [0.15, 0.2) is 0 Å². The number of fused-ring (bicyclic) bond motifs is 16. The van der Waals surface area contributed by atoms with Crippen LogP contribution >= 0.6 is 0 Å². The maximum Gasteiger partial charge on any atom is 0.338 e. The molecule has 0 saturated heterocycles. The van der Waals surface area contributed by atoms with Gasteiger partial charge in [0.2, 0.25) is 0 Å². The highest BCUT2D eigenvalue weighted by Gasteiger charge is 2.21. The van der Waals surface area contributed by atoms with E-state index < -0.39 is 11.9 Å². The van der Waals surface area contributed by atoms with Crippen LogP contribution in [0.3, 0.4) is 0 Å². The zero-order chi connectivity index (χ0) is 63.6. The normalized spacial score (nSPS) is 12.1. The van der Waals surface area contributed by atoms with Crippen LogP contribution in [-0.2, 0) is 9.47 Å². The fourth-order valence-electron chi connectivity index (χ4n) is 12.9. The molecule has 0 fully saturated rings. The molecule has 0 unspecified atom stereocenters. The predicted molar refractivity (Wildman–Crippen MR) is 385 cm³/mol. The minimum Gasteiger partial charge on any atom is -0.462 e. The van der Waals surface area contributed by atoms with Gasteiger partial charge in [0.25, 0.3) is 0 Å². The van der Waals surface area contributed by atoms with Gasteiger partial charge in [0.05, 0.1) is 69.9 Å². The van der Waals surface area contributed by atoms with Crippen LogP contribution in [-0.4, -0.2) is 65.0 Å². The van der Waals surface area contributed by atoms with Gasteiger partial charge in [0.1, 0.15) is 0 Å². The number of aromatic amines is 4. The lowest BCUT2D eigenvalue weighted by atomic mass is 10.0. The van der Waals surface area contributed by atoms with Gasteiger partial charge in [-0.1, -0.05) is 146 Å². The number of rotatable bonds is 14. The third kappa shape index (κ3) is 11.7. The van der Waals surface area contributed by atoms with Gasteiger partial charge in [-0.05, 0) is 186 Å². The van der Waals surface area contributed by atoms with E-state index in [1.807, 2.05) is 133 Å². The van der Waals surface area contributed by atoms with Crippen LogP contribution in [0.5, 0.6) is 0 Å². The van der Waals surface area contributed by atoms with Crippen LogP contribution in [0.4, 0.5) is 0 Å². The summed E-state index contributed by atoms with van der Waals surface area (Å²) in [4.78, 5) is 62.9. The lowest BCUT2D eigenvalue weighted by Crippen LogP contribution is -2.08. The van der Waals surface area contributed by atoms with E-state index >= 15 is 0 Å². The van der Waals surface area contributed by atoms with E-state index in [2.05, 4.69) is 141 Å². The van der Waals surface area contributed by atoms with Crippen LogP contribution in [0.25, 0.3) is 160 Å². The summed E-state index contributed by atoms with van der Waals surface area (Å²) in [5.41, 5.74) is 26.3. The monoisotopic (exact) mass is 1230 g/mol. The number of carbonyl (C=O) groups is 2. The van der Waals surface area contributed by atoms with Crippen molar-refractivity contribution >= 4 is 105 Å².